The van der Waals surface area contributed by atoms with Gasteiger partial charge in [0.05, 0.1) is 12.2 Å². The van der Waals surface area contributed by atoms with Crippen molar-refractivity contribution in [2.75, 3.05) is 12.3 Å². The van der Waals surface area contributed by atoms with Crippen molar-refractivity contribution in [2.24, 2.45) is 5.92 Å². The molecule has 112 valence electrons. The summed E-state index contributed by atoms with van der Waals surface area (Å²) in [6, 6.07) is 7.46. The van der Waals surface area contributed by atoms with Crippen LogP contribution in [0.2, 0.25) is 0 Å². The largest absolute Gasteiger partial charge is 0.461 e. The third-order valence-electron chi connectivity index (χ3n) is 3.81. The van der Waals surface area contributed by atoms with Gasteiger partial charge in [-0.15, -0.1) is 0 Å². The van der Waals surface area contributed by atoms with Gasteiger partial charge in [0, 0.05) is 17.5 Å². The topological polar surface area (TPSA) is 67.6 Å². The summed E-state index contributed by atoms with van der Waals surface area (Å²) in [6.07, 6.45) is 0.0504. The van der Waals surface area contributed by atoms with Crippen molar-refractivity contribution in [2.45, 2.75) is 20.3 Å². The Balaban J connectivity index is 1.92. The maximum Gasteiger partial charge on any atom is 0.240 e. The molecule has 1 aliphatic heterocycles. The molecule has 2 aromatic rings. The Bertz CT molecular complexity index is 806. The number of carbonyl (C=O) groups excluding carboxylic acids is 1. The first kappa shape index (κ1) is 14.1. The highest BCUT2D eigenvalue weighted by Gasteiger charge is 2.37. The molecule has 1 aromatic heterocycles. The number of hydrogen-bond donors (Lipinski definition) is 0. The first-order valence-corrected chi connectivity index (χ1v) is 8.49. The molecule has 1 fully saturated rings. The molecule has 2 heterocycles. The second kappa shape index (κ2) is 4.87. The molecule has 0 radical (unpaired) electrons. The van der Waals surface area contributed by atoms with Gasteiger partial charge in [-0.05, 0) is 18.9 Å². The fraction of sp³-hybridized carbons (Fsp3) is 0.400. The number of nitrogens with zero attached hydrogens (tertiary/aromatic N) is 1. The van der Waals surface area contributed by atoms with E-state index in [0.717, 1.165) is 20.8 Å². The average Bonchev–Trinajstić information content (AvgIpc) is 2.86. The molecule has 5 nitrogen and oxygen atoms in total. The maximum atomic E-state index is 12.4. The van der Waals surface area contributed by atoms with E-state index in [-0.39, 0.29) is 30.5 Å². The number of benzene rings is 1. The van der Waals surface area contributed by atoms with E-state index in [1.165, 1.54) is 0 Å². The first-order chi connectivity index (χ1) is 9.88. The number of rotatable bonds is 2. The monoisotopic (exact) mass is 307 g/mol. The molecule has 0 bridgehead atoms. The molecule has 6 heteroatoms. The zero-order valence-electron chi connectivity index (χ0n) is 12.0. The molecule has 0 spiro atoms. The van der Waals surface area contributed by atoms with Crippen LogP contribution in [-0.4, -0.2) is 30.9 Å². The molecule has 1 saturated heterocycles. The van der Waals surface area contributed by atoms with E-state index in [0.29, 0.717) is 5.76 Å². The number of para-hydroxylation sites is 1. The molecule has 1 unspecified atom stereocenters. The molecule has 1 aliphatic rings. The van der Waals surface area contributed by atoms with Crippen molar-refractivity contribution in [3.05, 3.63) is 35.6 Å². The van der Waals surface area contributed by atoms with Crippen molar-refractivity contribution < 1.29 is 17.6 Å². The Hall–Kier alpha value is -1.82. The van der Waals surface area contributed by atoms with Crippen LogP contribution >= 0.6 is 0 Å². The predicted molar refractivity (Wildman–Crippen MR) is 79.3 cm³/mol. The van der Waals surface area contributed by atoms with Crippen molar-refractivity contribution >= 4 is 26.9 Å². The van der Waals surface area contributed by atoms with Crippen molar-refractivity contribution in [1.82, 2.24) is 4.31 Å². The molecule has 0 N–H and O–H groups in total. The number of carbonyl (C=O) groups is 1. The molecular weight excluding hydrogens is 290 g/mol. The van der Waals surface area contributed by atoms with E-state index in [1.807, 2.05) is 31.2 Å². The van der Waals surface area contributed by atoms with Crippen LogP contribution in [-0.2, 0) is 21.2 Å². The zero-order valence-corrected chi connectivity index (χ0v) is 12.8. The number of amides is 1. The average molecular weight is 307 g/mol. The summed E-state index contributed by atoms with van der Waals surface area (Å²) in [5.41, 5.74) is 1.49. The summed E-state index contributed by atoms with van der Waals surface area (Å²) in [7, 11) is -3.45. The van der Waals surface area contributed by atoms with E-state index < -0.39 is 10.0 Å². The fourth-order valence-corrected chi connectivity index (χ4v) is 4.70. The Morgan fingerprint density at radius 2 is 2.10 bits per heavy atom. The Morgan fingerprint density at radius 1 is 1.38 bits per heavy atom. The Kier molecular flexibility index (Phi) is 3.28. The molecule has 1 amide bonds. The van der Waals surface area contributed by atoms with Gasteiger partial charge < -0.3 is 4.42 Å². The van der Waals surface area contributed by atoms with Crippen LogP contribution in [0.4, 0.5) is 0 Å². The van der Waals surface area contributed by atoms with Crippen LogP contribution < -0.4 is 0 Å². The van der Waals surface area contributed by atoms with Crippen LogP contribution in [0.15, 0.2) is 28.7 Å². The van der Waals surface area contributed by atoms with Gasteiger partial charge >= 0.3 is 0 Å². The molecule has 1 atom stereocenters. The molecule has 0 aliphatic carbocycles. The van der Waals surface area contributed by atoms with Gasteiger partial charge in [-0.25, -0.2) is 12.7 Å². The lowest BCUT2D eigenvalue weighted by atomic mass is 10.1. The third kappa shape index (κ3) is 2.44. The second-order valence-corrected chi connectivity index (χ2v) is 7.56. The minimum atomic E-state index is -3.45. The highest BCUT2D eigenvalue weighted by molar-refractivity contribution is 7.89. The van der Waals surface area contributed by atoms with E-state index in [9.17, 15) is 13.2 Å². The van der Waals surface area contributed by atoms with Crippen molar-refractivity contribution in [3.63, 3.8) is 0 Å². The lowest BCUT2D eigenvalue weighted by Crippen LogP contribution is -2.34. The molecular formula is C15H17NO4S. The van der Waals surface area contributed by atoms with Crippen LogP contribution in [0.5, 0.6) is 0 Å². The molecule has 1 aromatic carbocycles. The van der Waals surface area contributed by atoms with Gasteiger partial charge in [0.25, 0.3) is 0 Å². The minimum absolute atomic E-state index is 0.0128. The van der Waals surface area contributed by atoms with Gasteiger partial charge in [0.1, 0.15) is 11.3 Å². The molecule has 21 heavy (non-hydrogen) atoms. The zero-order chi connectivity index (χ0) is 15.2. The lowest BCUT2D eigenvalue weighted by Gasteiger charge is -2.14. The van der Waals surface area contributed by atoms with Crippen molar-refractivity contribution in [1.29, 1.82) is 0 Å². The summed E-state index contributed by atoms with van der Waals surface area (Å²) in [5, 5.41) is 0.869. The van der Waals surface area contributed by atoms with Gasteiger partial charge in [-0.2, -0.15) is 0 Å². The van der Waals surface area contributed by atoms with Gasteiger partial charge in [0.15, 0.2) is 0 Å². The Morgan fingerprint density at radius 3 is 2.76 bits per heavy atom. The molecule has 3 rings (SSSR count). The highest BCUT2D eigenvalue weighted by Crippen LogP contribution is 2.27. The van der Waals surface area contributed by atoms with Crippen LogP contribution in [0, 0.1) is 12.8 Å². The minimum Gasteiger partial charge on any atom is -0.461 e. The number of aryl methyl sites for hydroxylation is 1. The normalized spacial score (nSPS) is 21.0. The quantitative estimate of drug-likeness (QED) is 0.852. The fourth-order valence-electron chi connectivity index (χ4n) is 2.84. The SMILES string of the molecule is Cc1oc2ccccc2c1CC(=O)N1CC(C)CS1(=O)=O. The van der Waals surface area contributed by atoms with E-state index >= 15 is 0 Å². The van der Waals surface area contributed by atoms with Crippen LogP contribution in [0.1, 0.15) is 18.2 Å². The standard InChI is InChI=1S/C15H17NO4S/c1-10-8-16(21(18,19)9-10)15(17)7-13-11(2)20-14-6-4-3-5-12(13)14/h3-6,10H,7-9H2,1-2H3. The van der Waals surface area contributed by atoms with Crippen molar-refractivity contribution in [3.8, 4) is 0 Å². The first-order valence-electron chi connectivity index (χ1n) is 6.89. The summed E-state index contributed by atoms with van der Waals surface area (Å²) in [4.78, 5) is 12.4. The maximum absolute atomic E-state index is 12.4. The lowest BCUT2D eigenvalue weighted by molar-refractivity contribution is -0.125. The second-order valence-electron chi connectivity index (χ2n) is 5.62. The van der Waals surface area contributed by atoms with E-state index in [2.05, 4.69) is 0 Å². The number of hydrogen-bond acceptors (Lipinski definition) is 4. The van der Waals surface area contributed by atoms with E-state index in [4.69, 9.17) is 4.42 Å². The van der Waals surface area contributed by atoms with E-state index in [1.54, 1.807) is 6.92 Å². The van der Waals surface area contributed by atoms with Crippen LogP contribution in [0.3, 0.4) is 0 Å². The van der Waals surface area contributed by atoms with Gasteiger partial charge in [-0.1, -0.05) is 25.1 Å². The number of sulfonamides is 1. The summed E-state index contributed by atoms with van der Waals surface area (Å²) in [5.74, 6) is 0.313. The Labute approximate surface area is 123 Å². The van der Waals surface area contributed by atoms with Gasteiger partial charge in [0.2, 0.25) is 15.9 Å². The number of fused-ring (bicyclic) bond motifs is 1. The summed E-state index contributed by atoms with van der Waals surface area (Å²) >= 11 is 0. The smallest absolute Gasteiger partial charge is 0.240 e. The highest BCUT2D eigenvalue weighted by atomic mass is 32.2. The summed E-state index contributed by atoms with van der Waals surface area (Å²) in [6.45, 7) is 3.91. The molecule has 0 saturated carbocycles. The summed E-state index contributed by atoms with van der Waals surface area (Å²) < 4.78 is 30.6. The third-order valence-corrected chi connectivity index (χ3v) is 5.83. The number of furan rings is 1. The predicted octanol–water partition coefficient (Wildman–Crippen LogP) is 2.09. The van der Waals surface area contributed by atoms with Gasteiger partial charge in [-0.3, -0.25) is 4.79 Å². The van der Waals surface area contributed by atoms with Crippen LogP contribution in [0.25, 0.3) is 11.0 Å².